The maximum absolute atomic E-state index is 11.0. The van der Waals surface area contributed by atoms with Crippen LogP contribution in [0.15, 0.2) is 23.3 Å². The van der Waals surface area contributed by atoms with Crippen molar-refractivity contribution >= 4 is 5.69 Å². The van der Waals surface area contributed by atoms with Gasteiger partial charge in [-0.15, -0.1) is 0 Å². The molecule has 0 spiro atoms. The van der Waals surface area contributed by atoms with Gasteiger partial charge in [0.2, 0.25) is 5.43 Å². The van der Waals surface area contributed by atoms with Gasteiger partial charge in [0.15, 0.2) is 0 Å². The Morgan fingerprint density at radius 1 is 1.67 bits per heavy atom. The smallest absolute Gasteiger partial charge is 0.204 e. The van der Waals surface area contributed by atoms with Crippen molar-refractivity contribution in [1.29, 1.82) is 0 Å². The van der Waals surface area contributed by atoms with Crippen molar-refractivity contribution < 1.29 is 9.47 Å². The predicted molar refractivity (Wildman–Crippen MR) is 55.4 cm³/mol. The Morgan fingerprint density at radius 2 is 2.53 bits per heavy atom. The fourth-order valence-corrected chi connectivity index (χ4v) is 1.46. The van der Waals surface area contributed by atoms with E-state index in [-0.39, 0.29) is 17.2 Å². The Labute approximate surface area is 87.4 Å². The molecule has 2 rings (SSSR count). The summed E-state index contributed by atoms with van der Waals surface area (Å²) in [5.41, 5.74) is 5.57. The molecule has 0 saturated carbocycles. The van der Waals surface area contributed by atoms with Crippen LogP contribution in [-0.2, 0) is 16.2 Å². The van der Waals surface area contributed by atoms with Crippen LogP contribution in [0.3, 0.4) is 0 Å². The molecule has 0 bridgehead atoms. The molecule has 5 heteroatoms. The number of ether oxygens (including phenoxy) is 2. The number of aromatic nitrogens is 1. The van der Waals surface area contributed by atoms with E-state index in [4.69, 9.17) is 15.2 Å². The molecule has 0 aromatic carbocycles. The second-order valence-corrected chi connectivity index (χ2v) is 3.56. The number of nitrogen functional groups attached to an aromatic ring is 1. The van der Waals surface area contributed by atoms with Crippen LogP contribution < -0.4 is 11.2 Å². The lowest BCUT2D eigenvalue weighted by atomic mass is 10.3. The third-order valence-corrected chi connectivity index (χ3v) is 2.35. The molecule has 15 heavy (non-hydrogen) atoms. The zero-order valence-corrected chi connectivity index (χ0v) is 8.39. The first-order chi connectivity index (χ1) is 7.25. The highest BCUT2D eigenvalue weighted by atomic mass is 16.5. The van der Waals surface area contributed by atoms with E-state index in [1.54, 1.807) is 17.0 Å². The summed E-state index contributed by atoms with van der Waals surface area (Å²) < 4.78 is 12.5. The summed E-state index contributed by atoms with van der Waals surface area (Å²) in [4.78, 5) is 11.0. The quantitative estimate of drug-likeness (QED) is 0.773. The summed E-state index contributed by atoms with van der Waals surface area (Å²) in [6.45, 7) is 1.81. The van der Waals surface area contributed by atoms with Crippen LogP contribution in [0.2, 0.25) is 0 Å². The summed E-state index contributed by atoms with van der Waals surface area (Å²) in [7, 11) is 0. The molecule has 0 aliphatic carbocycles. The molecule has 0 radical (unpaired) electrons. The topological polar surface area (TPSA) is 66.5 Å². The molecule has 1 aromatic rings. The van der Waals surface area contributed by atoms with Gasteiger partial charge in [0.05, 0.1) is 18.4 Å². The molecule has 82 valence electrons. The van der Waals surface area contributed by atoms with Crippen LogP contribution in [0.1, 0.15) is 6.42 Å². The van der Waals surface area contributed by atoms with E-state index in [9.17, 15) is 4.79 Å². The minimum Gasteiger partial charge on any atom is -0.394 e. The molecule has 1 aromatic heterocycles. The molecule has 1 unspecified atom stereocenters. The van der Waals surface area contributed by atoms with Crippen molar-refractivity contribution in [2.75, 3.05) is 18.9 Å². The van der Waals surface area contributed by atoms with E-state index < -0.39 is 0 Å². The molecule has 2 heterocycles. The lowest BCUT2D eigenvalue weighted by Gasteiger charge is -2.12. The Kier molecular flexibility index (Phi) is 3.03. The number of anilines is 1. The first-order valence-corrected chi connectivity index (χ1v) is 4.90. The van der Waals surface area contributed by atoms with E-state index in [2.05, 4.69) is 0 Å². The third-order valence-electron chi connectivity index (χ3n) is 2.35. The van der Waals surface area contributed by atoms with Gasteiger partial charge in [0, 0.05) is 25.1 Å². The average Bonchev–Trinajstić information content (AvgIpc) is 2.73. The van der Waals surface area contributed by atoms with Crippen molar-refractivity contribution in [2.24, 2.45) is 0 Å². The van der Waals surface area contributed by atoms with E-state index in [1.165, 1.54) is 6.07 Å². The summed E-state index contributed by atoms with van der Waals surface area (Å²) in [6, 6.07) is 1.43. The van der Waals surface area contributed by atoms with Gasteiger partial charge in [0.1, 0.15) is 6.73 Å². The minimum absolute atomic E-state index is 0.157. The van der Waals surface area contributed by atoms with E-state index >= 15 is 0 Å². The highest BCUT2D eigenvalue weighted by molar-refractivity contribution is 5.33. The van der Waals surface area contributed by atoms with Crippen molar-refractivity contribution in [2.45, 2.75) is 19.3 Å². The number of hydrogen-bond acceptors (Lipinski definition) is 4. The lowest BCUT2D eigenvalue weighted by molar-refractivity contribution is 0.00177. The van der Waals surface area contributed by atoms with E-state index in [0.29, 0.717) is 13.3 Å². The van der Waals surface area contributed by atoms with Crippen LogP contribution >= 0.6 is 0 Å². The standard InChI is InChI=1S/C10H14N2O3/c11-9-5-12(3-1-10(9)13)7-15-8-2-4-14-6-8/h1,3,5,8H,2,4,6-7,11H2. The van der Waals surface area contributed by atoms with Gasteiger partial charge in [-0.3, -0.25) is 4.79 Å². The number of nitrogens with zero attached hydrogens (tertiary/aromatic N) is 1. The Balaban J connectivity index is 1.92. The molecule has 1 atom stereocenters. The summed E-state index contributed by atoms with van der Waals surface area (Å²) in [5, 5.41) is 0. The highest BCUT2D eigenvalue weighted by Crippen LogP contribution is 2.08. The second kappa shape index (κ2) is 4.46. The van der Waals surface area contributed by atoms with Crippen molar-refractivity contribution in [3.8, 4) is 0 Å². The molecular formula is C10H14N2O3. The number of pyridine rings is 1. The Morgan fingerprint density at radius 3 is 3.20 bits per heavy atom. The van der Waals surface area contributed by atoms with Crippen LogP contribution in [0, 0.1) is 0 Å². The molecule has 1 fully saturated rings. The largest absolute Gasteiger partial charge is 0.394 e. The summed E-state index contributed by atoms with van der Waals surface area (Å²) in [6.07, 6.45) is 4.33. The van der Waals surface area contributed by atoms with E-state index in [1.807, 2.05) is 0 Å². The van der Waals surface area contributed by atoms with Crippen molar-refractivity contribution in [3.63, 3.8) is 0 Å². The number of rotatable bonds is 3. The van der Waals surface area contributed by atoms with Gasteiger partial charge in [-0.25, -0.2) is 0 Å². The van der Waals surface area contributed by atoms with Crippen molar-refractivity contribution in [1.82, 2.24) is 4.57 Å². The fraction of sp³-hybridized carbons (Fsp3) is 0.500. The summed E-state index contributed by atoms with van der Waals surface area (Å²) in [5.74, 6) is 0. The molecular weight excluding hydrogens is 196 g/mol. The molecule has 2 N–H and O–H groups in total. The van der Waals surface area contributed by atoms with E-state index in [0.717, 1.165) is 13.0 Å². The first-order valence-electron chi connectivity index (χ1n) is 4.90. The van der Waals surface area contributed by atoms with Crippen molar-refractivity contribution in [3.05, 3.63) is 28.7 Å². The van der Waals surface area contributed by atoms with Gasteiger partial charge in [0.25, 0.3) is 0 Å². The maximum Gasteiger partial charge on any atom is 0.204 e. The second-order valence-electron chi connectivity index (χ2n) is 3.56. The van der Waals surface area contributed by atoms with Crippen LogP contribution in [0.5, 0.6) is 0 Å². The average molecular weight is 210 g/mol. The SMILES string of the molecule is Nc1cn(COC2CCOC2)ccc1=O. The molecule has 1 saturated heterocycles. The monoisotopic (exact) mass is 210 g/mol. The van der Waals surface area contributed by atoms with Crippen LogP contribution in [-0.4, -0.2) is 23.9 Å². The maximum atomic E-state index is 11.0. The van der Waals surface area contributed by atoms with Gasteiger partial charge >= 0.3 is 0 Å². The normalized spacial score (nSPS) is 20.7. The third kappa shape index (κ3) is 2.57. The number of hydrogen-bond donors (Lipinski definition) is 1. The first kappa shape index (κ1) is 10.2. The highest BCUT2D eigenvalue weighted by Gasteiger charge is 2.15. The van der Waals surface area contributed by atoms with Gasteiger partial charge in [-0.2, -0.15) is 0 Å². The Hall–Kier alpha value is -1.33. The van der Waals surface area contributed by atoms with Crippen LogP contribution in [0.25, 0.3) is 0 Å². The molecule has 1 aliphatic heterocycles. The Bertz CT molecular complexity index is 382. The van der Waals surface area contributed by atoms with Gasteiger partial charge < -0.3 is 19.8 Å². The predicted octanol–water partition coefficient (Wildman–Crippen LogP) is 0.194. The zero-order chi connectivity index (χ0) is 10.7. The zero-order valence-electron chi connectivity index (χ0n) is 8.39. The molecule has 5 nitrogen and oxygen atoms in total. The van der Waals surface area contributed by atoms with Gasteiger partial charge in [-0.1, -0.05) is 0 Å². The molecule has 0 amide bonds. The van der Waals surface area contributed by atoms with Crippen LogP contribution in [0.4, 0.5) is 5.69 Å². The van der Waals surface area contributed by atoms with Gasteiger partial charge in [-0.05, 0) is 6.42 Å². The lowest BCUT2D eigenvalue weighted by Crippen LogP contribution is -2.17. The minimum atomic E-state index is -0.157. The number of nitrogens with two attached hydrogens (primary N) is 1. The molecule has 1 aliphatic rings. The summed E-state index contributed by atoms with van der Waals surface area (Å²) >= 11 is 0. The fourth-order valence-electron chi connectivity index (χ4n) is 1.46.